The predicted molar refractivity (Wildman–Crippen MR) is 83.2 cm³/mol. The largest absolute Gasteiger partial charge is 0.492 e. The Kier molecular flexibility index (Phi) is 5.68. The Hall–Kier alpha value is -1.26. The van der Waals surface area contributed by atoms with Crippen LogP contribution in [0.25, 0.3) is 0 Å². The van der Waals surface area contributed by atoms with Crippen LogP contribution in [0.3, 0.4) is 0 Å². The van der Waals surface area contributed by atoms with Gasteiger partial charge in [0.25, 0.3) is 0 Å². The zero-order chi connectivity index (χ0) is 14.4. The van der Waals surface area contributed by atoms with Gasteiger partial charge in [-0.1, -0.05) is 47.5 Å². The fourth-order valence-electron chi connectivity index (χ4n) is 1.83. The normalized spacial score (nSPS) is 12.2. The summed E-state index contributed by atoms with van der Waals surface area (Å²) in [6.07, 6.45) is 0.709. The maximum atomic E-state index is 6.00. The van der Waals surface area contributed by atoms with E-state index in [2.05, 4.69) is 5.43 Å². The highest BCUT2D eigenvalue weighted by molar-refractivity contribution is 6.42. The summed E-state index contributed by atoms with van der Waals surface area (Å²) in [6.45, 7) is 0.473. The van der Waals surface area contributed by atoms with Crippen molar-refractivity contribution in [3.05, 3.63) is 64.1 Å². The van der Waals surface area contributed by atoms with Gasteiger partial charge in [0, 0.05) is 0 Å². The molecule has 0 heterocycles. The molecule has 0 aliphatic rings. The van der Waals surface area contributed by atoms with Gasteiger partial charge in [-0.2, -0.15) is 0 Å². The van der Waals surface area contributed by atoms with Crippen molar-refractivity contribution >= 4 is 23.2 Å². The van der Waals surface area contributed by atoms with Crippen molar-refractivity contribution in [2.45, 2.75) is 12.5 Å². The molecule has 5 heteroatoms. The number of hydrazine groups is 1. The molecule has 20 heavy (non-hydrogen) atoms. The second kappa shape index (κ2) is 7.50. The van der Waals surface area contributed by atoms with E-state index in [1.807, 2.05) is 42.5 Å². The van der Waals surface area contributed by atoms with Gasteiger partial charge in [-0.25, -0.2) is 0 Å². The predicted octanol–water partition coefficient (Wildman–Crippen LogP) is 3.45. The average molecular weight is 311 g/mol. The Labute approximate surface area is 128 Å². The monoisotopic (exact) mass is 310 g/mol. The van der Waals surface area contributed by atoms with Crippen LogP contribution in [0.5, 0.6) is 5.75 Å². The second-order valence-corrected chi connectivity index (χ2v) is 5.25. The van der Waals surface area contributed by atoms with Crippen LogP contribution in [-0.2, 0) is 6.42 Å². The molecular weight excluding hydrogens is 295 g/mol. The molecule has 0 bridgehead atoms. The lowest BCUT2D eigenvalue weighted by molar-refractivity contribution is 0.264. The molecule has 2 aromatic rings. The minimum absolute atomic E-state index is 0.00699. The number of nitrogens with one attached hydrogen (secondary N) is 1. The number of para-hydroxylation sites is 1. The summed E-state index contributed by atoms with van der Waals surface area (Å²) in [6, 6.07) is 15.2. The van der Waals surface area contributed by atoms with Gasteiger partial charge in [-0.05, 0) is 36.2 Å². The molecule has 0 aliphatic carbocycles. The van der Waals surface area contributed by atoms with Crippen LogP contribution in [0.15, 0.2) is 48.5 Å². The van der Waals surface area contributed by atoms with Crippen molar-refractivity contribution in [1.29, 1.82) is 0 Å². The van der Waals surface area contributed by atoms with E-state index in [0.29, 0.717) is 23.1 Å². The first-order valence-corrected chi connectivity index (χ1v) is 7.02. The third-order valence-electron chi connectivity index (χ3n) is 2.90. The maximum absolute atomic E-state index is 6.00. The third kappa shape index (κ3) is 4.39. The molecule has 0 saturated heterocycles. The minimum Gasteiger partial charge on any atom is -0.492 e. The Morgan fingerprint density at radius 1 is 1.05 bits per heavy atom. The number of rotatable bonds is 6. The molecule has 3 nitrogen and oxygen atoms in total. The molecular formula is C15H16Cl2N2O. The number of ether oxygens (including phenoxy) is 1. The van der Waals surface area contributed by atoms with Gasteiger partial charge in [-0.15, -0.1) is 0 Å². The number of benzene rings is 2. The molecule has 2 aromatic carbocycles. The number of hydrogen-bond donors (Lipinski definition) is 2. The van der Waals surface area contributed by atoms with Crippen LogP contribution >= 0.6 is 23.2 Å². The Balaban J connectivity index is 1.93. The first kappa shape index (κ1) is 15.1. The van der Waals surface area contributed by atoms with Crippen LogP contribution in [0.4, 0.5) is 0 Å². The summed E-state index contributed by atoms with van der Waals surface area (Å²) < 4.78 is 5.68. The van der Waals surface area contributed by atoms with Crippen molar-refractivity contribution in [3.8, 4) is 5.75 Å². The maximum Gasteiger partial charge on any atom is 0.119 e. The molecule has 1 atom stereocenters. The highest BCUT2D eigenvalue weighted by Crippen LogP contribution is 2.23. The SMILES string of the molecule is NNC(COc1ccccc1)Cc1ccc(Cl)c(Cl)c1. The highest BCUT2D eigenvalue weighted by atomic mass is 35.5. The van der Waals surface area contributed by atoms with Gasteiger partial charge < -0.3 is 4.74 Å². The average Bonchev–Trinajstić information content (AvgIpc) is 2.48. The molecule has 0 amide bonds. The molecule has 0 radical (unpaired) electrons. The summed E-state index contributed by atoms with van der Waals surface area (Å²) in [5.74, 6) is 6.38. The van der Waals surface area contributed by atoms with Gasteiger partial charge in [0.1, 0.15) is 12.4 Å². The van der Waals surface area contributed by atoms with Gasteiger partial charge >= 0.3 is 0 Å². The summed E-state index contributed by atoms with van der Waals surface area (Å²) in [7, 11) is 0. The summed E-state index contributed by atoms with van der Waals surface area (Å²) in [4.78, 5) is 0. The Bertz CT molecular complexity index is 549. The van der Waals surface area contributed by atoms with Crippen LogP contribution in [0.2, 0.25) is 10.0 Å². The van der Waals surface area contributed by atoms with Crippen molar-refractivity contribution in [3.63, 3.8) is 0 Å². The smallest absolute Gasteiger partial charge is 0.119 e. The fraction of sp³-hybridized carbons (Fsp3) is 0.200. The molecule has 0 saturated carbocycles. The fourth-order valence-corrected chi connectivity index (χ4v) is 2.15. The molecule has 106 valence electrons. The molecule has 2 rings (SSSR count). The zero-order valence-corrected chi connectivity index (χ0v) is 12.4. The number of halogens is 2. The number of nitrogens with two attached hydrogens (primary N) is 1. The molecule has 0 aromatic heterocycles. The van der Waals surface area contributed by atoms with E-state index in [-0.39, 0.29) is 6.04 Å². The van der Waals surface area contributed by atoms with Crippen molar-refractivity contribution in [1.82, 2.24) is 5.43 Å². The molecule has 1 unspecified atom stereocenters. The van der Waals surface area contributed by atoms with Crippen molar-refractivity contribution in [2.24, 2.45) is 5.84 Å². The molecule has 0 aliphatic heterocycles. The zero-order valence-electron chi connectivity index (χ0n) is 10.9. The molecule has 0 spiro atoms. The van der Waals surface area contributed by atoms with Crippen LogP contribution < -0.4 is 16.0 Å². The first-order valence-electron chi connectivity index (χ1n) is 6.27. The standard InChI is InChI=1S/C15H16Cl2N2O/c16-14-7-6-11(9-15(14)17)8-12(19-18)10-20-13-4-2-1-3-5-13/h1-7,9,12,19H,8,10,18H2. The number of hydrogen-bond acceptors (Lipinski definition) is 3. The van der Waals surface area contributed by atoms with E-state index in [1.54, 1.807) is 6.07 Å². The molecule has 3 N–H and O–H groups in total. The highest BCUT2D eigenvalue weighted by Gasteiger charge is 2.10. The van der Waals surface area contributed by atoms with Crippen molar-refractivity contribution in [2.75, 3.05) is 6.61 Å². The van der Waals surface area contributed by atoms with E-state index in [9.17, 15) is 0 Å². The van der Waals surface area contributed by atoms with E-state index in [1.165, 1.54) is 0 Å². The quantitative estimate of drug-likeness (QED) is 0.634. The Morgan fingerprint density at radius 3 is 2.45 bits per heavy atom. The van der Waals surface area contributed by atoms with Crippen LogP contribution in [0.1, 0.15) is 5.56 Å². The lowest BCUT2D eigenvalue weighted by Crippen LogP contribution is -2.41. The summed E-state index contributed by atoms with van der Waals surface area (Å²) in [5.41, 5.74) is 3.81. The van der Waals surface area contributed by atoms with Gasteiger partial charge in [-0.3, -0.25) is 11.3 Å². The van der Waals surface area contributed by atoms with Gasteiger partial charge in [0.15, 0.2) is 0 Å². The third-order valence-corrected chi connectivity index (χ3v) is 3.64. The first-order chi connectivity index (χ1) is 9.69. The topological polar surface area (TPSA) is 47.3 Å². The van der Waals surface area contributed by atoms with E-state index in [0.717, 1.165) is 11.3 Å². The van der Waals surface area contributed by atoms with Crippen LogP contribution in [-0.4, -0.2) is 12.6 Å². The lowest BCUT2D eigenvalue weighted by Gasteiger charge is -2.17. The van der Waals surface area contributed by atoms with E-state index in [4.69, 9.17) is 33.8 Å². The van der Waals surface area contributed by atoms with E-state index >= 15 is 0 Å². The second-order valence-electron chi connectivity index (χ2n) is 4.44. The Morgan fingerprint density at radius 2 is 1.80 bits per heavy atom. The van der Waals surface area contributed by atoms with Gasteiger partial charge in [0.05, 0.1) is 16.1 Å². The minimum atomic E-state index is -0.00699. The lowest BCUT2D eigenvalue weighted by atomic mass is 10.1. The summed E-state index contributed by atoms with van der Waals surface area (Å²) in [5, 5.41) is 1.09. The molecule has 0 fully saturated rings. The van der Waals surface area contributed by atoms with E-state index < -0.39 is 0 Å². The van der Waals surface area contributed by atoms with Crippen molar-refractivity contribution < 1.29 is 4.74 Å². The summed E-state index contributed by atoms with van der Waals surface area (Å²) >= 11 is 11.9. The van der Waals surface area contributed by atoms with Gasteiger partial charge in [0.2, 0.25) is 0 Å². The van der Waals surface area contributed by atoms with Crippen LogP contribution in [0, 0.1) is 0 Å².